The fourth-order valence-corrected chi connectivity index (χ4v) is 1.75. The normalized spacial score (nSPS) is 20.9. The third-order valence-corrected chi connectivity index (χ3v) is 2.51. The Bertz CT molecular complexity index is 355. The highest BCUT2D eigenvalue weighted by atomic mass is 16.1. The minimum Gasteiger partial charge on any atom is -0.303 e. The molecule has 1 atom stereocenters. The van der Waals surface area contributed by atoms with Gasteiger partial charge in [-0.1, -0.05) is 24.3 Å². The van der Waals surface area contributed by atoms with Crippen molar-refractivity contribution in [2.24, 2.45) is 5.92 Å². The van der Waals surface area contributed by atoms with E-state index >= 15 is 0 Å². The molecule has 1 aliphatic carbocycles. The van der Waals surface area contributed by atoms with Crippen molar-refractivity contribution in [1.82, 2.24) is 0 Å². The Morgan fingerprint density at radius 3 is 2.85 bits per heavy atom. The smallest absolute Gasteiger partial charge is 0.173 e. The summed E-state index contributed by atoms with van der Waals surface area (Å²) in [7, 11) is 0. The predicted molar refractivity (Wildman–Crippen MR) is 48.6 cm³/mol. The highest BCUT2D eigenvalue weighted by molar-refractivity contribution is 6.07. The molecule has 2 nitrogen and oxygen atoms in total. The largest absolute Gasteiger partial charge is 0.303 e. The minimum atomic E-state index is -0.408. The third kappa shape index (κ3) is 1.28. The summed E-state index contributed by atoms with van der Waals surface area (Å²) < 4.78 is 0. The summed E-state index contributed by atoms with van der Waals surface area (Å²) in [6, 6.07) is 7.51. The molecule has 0 radical (unpaired) electrons. The first-order valence-corrected chi connectivity index (χ1v) is 4.40. The van der Waals surface area contributed by atoms with Crippen LogP contribution in [-0.4, -0.2) is 12.1 Å². The molecule has 0 saturated heterocycles. The van der Waals surface area contributed by atoms with Gasteiger partial charge in [0.25, 0.3) is 0 Å². The van der Waals surface area contributed by atoms with Gasteiger partial charge >= 0.3 is 0 Å². The van der Waals surface area contributed by atoms with E-state index in [9.17, 15) is 9.59 Å². The molecule has 1 aromatic rings. The molecule has 0 saturated carbocycles. The molecule has 0 aliphatic heterocycles. The summed E-state index contributed by atoms with van der Waals surface area (Å²) in [5.41, 5.74) is 1.80. The van der Waals surface area contributed by atoms with Gasteiger partial charge in [0.1, 0.15) is 6.29 Å². The van der Waals surface area contributed by atoms with Gasteiger partial charge in [-0.25, -0.2) is 0 Å². The lowest BCUT2D eigenvalue weighted by Crippen LogP contribution is -2.23. The van der Waals surface area contributed by atoms with Crippen molar-refractivity contribution in [3.63, 3.8) is 0 Å². The van der Waals surface area contributed by atoms with Crippen LogP contribution in [0.3, 0.4) is 0 Å². The molecule has 0 heterocycles. The van der Waals surface area contributed by atoms with Crippen molar-refractivity contribution in [1.29, 1.82) is 0 Å². The lowest BCUT2D eigenvalue weighted by atomic mass is 9.84. The van der Waals surface area contributed by atoms with E-state index in [1.54, 1.807) is 6.07 Å². The maximum atomic E-state index is 11.6. The maximum Gasteiger partial charge on any atom is 0.173 e. The zero-order valence-corrected chi connectivity index (χ0v) is 7.19. The van der Waals surface area contributed by atoms with Crippen molar-refractivity contribution < 1.29 is 9.59 Å². The molecule has 2 rings (SSSR count). The molecule has 0 spiro atoms. The first-order valence-electron chi connectivity index (χ1n) is 4.40. The molecule has 66 valence electrons. The van der Waals surface area contributed by atoms with Gasteiger partial charge in [0.15, 0.2) is 5.78 Å². The number of ketones is 1. The van der Waals surface area contributed by atoms with Gasteiger partial charge < -0.3 is 4.79 Å². The molecule has 0 unspecified atom stereocenters. The van der Waals surface area contributed by atoms with Crippen molar-refractivity contribution in [2.75, 3.05) is 0 Å². The summed E-state index contributed by atoms with van der Waals surface area (Å²) in [4.78, 5) is 22.2. The fourth-order valence-electron chi connectivity index (χ4n) is 1.75. The van der Waals surface area contributed by atoms with Crippen molar-refractivity contribution >= 4 is 12.1 Å². The Hall–Kier alpha value is -1.44. The van der Waals surface area contributed by atoms with Gasteiger partial charge in [0, 0.05) is 5.56 Å². The molecule has 1 aliphatic rings. The number of hydrogen-bond acceptors (Lipinski definition) is 2. The van der Waals surface area contributed by atoms with Gasteiger partial charge in [-0.2, -0.15) is 0 Å². The van der Waals surface area contributed by atoms with Gasteiger partial charge in [0.2, 0.25) is 0 Å². The van der Waals surface area contributed by atoms with Gasteiger partial charge in [-0.3, -0.25) is 4.79 Å². The summed E-state index contributed by atoms with van der Waals surface area (Å²) in [5, 5.41) is 0. The third-order valence-electron chi connectivity index (χ3n) is 2.51. The maximum absolute atomic E-state index is 11.6. The lowest BCUT2D eigenvalue weighted by Gasteiger charge is -2.18. The van der Waals surface area contributed by atoms with Crippen LogP contribution >= 0.6 is 0 Å². The topological polar surface area (TPSA) is 34.1 Å². The number of Topliss-reactive ketones (excluding diaryl/α,β-unsaturated/α-hetero) is 1. The minimum absolute atomic E-state index is 0.0168. The number of benzene rings is 1. The summed E-state index contributed by atoms with van der Waals surface area (Å²) in [5.74, 6) is -0.424. The molecular formula is C11H10O2. The van der Waals surface area contributed by atoms with Crippen LogP contribution in [0.5, 0.6) is 0 Å². The summed E-state index contributed by atoms with van der Waals surface area (Å²) in [6.45, 7) is 0. The zero-order valence-electron chi connectivity index (χ0n) is 7.19. The Labute approximate surface area is 76.6 Å². The van der Waals surface area contributed by atoms with Crippen molar-refractivity contribution in [2.45, 2.75) is 12.8 Å². The van der Waals surface area contributed by atoms with Crippen LogP contribution < -0.4 is 0 Å². The summed E-state index contributed by atoms with van der Waals surface area (Å²) in [6.07, 6.45) is 2.27. The van der Waals surface area contributed by atoms with E-state index in [1.165, 1.54) is 0 Å². The van der Waals surface area contributed by atoms with E-state index in [0.717, 1.165) is 23.8 Å². The molecule has 0 fully saturated rings. The average Bonchev–Trinajstić information content (AvgIpc) is 2.19. The van der Waals surface area contributed by atoms with E-state index in [-0.39, 0.29) is 5.78 Å². The molecule has 2 heteroatoms. The molecule has 1 aromatic carbocycles. The van der Waals surface area contributed by atoms with E-state index in [2.05, 4.69) is 0 Å². The number of fused-ring (bicyclic) bond motifs is 1. The van der Waals surface area contributed by atoms with Crippen LogP contribution in [0.2, 0.25) is 0 Å². The lowest BCUT2D eigenvalue weighted by molar-refractivity contribution is -0.110. The number of aldehydes is 1. The van der Waals surface area contributed by atoms with Crippen LogP contribution in [0.25, 0.3) is 0 Å². The molecule has 0 N–H and O–H groups in total. The van der Waals surface area contributed by atoms with E-state index in [4.69, 9.17) is 0 Å². The number of carbonyl (C=O) groups is 2. The zero-order chi connectivity index (χ0) is 9.26. The molecule has 0 amide bonds. The van der Waals surface area contributed by atoms with Gasteiger partial charge in [-0.05, 0) is 18.4 Å². The standard InChI is InChI=1S/C11H10O2/c12-7-9-6-5-8-3-1-2-4-10(8)11(9)13/h1-4,7,9H,5-6H2/t9-/m1/s1. The van der Waals surface area contributed by atoms with Crippen LogP contribution in [0.1, 0.15) is 22.3 Å². The van der Waals surface area contributed by atoms with Gasteiger partial charge in [-0.15, -0.1) is 0 Å². The number of aryl methyl sites for hydroxylation is 1. The first-order chi connectivity index (χ1) is 6.33. The first kappa shape index (κ1) is 8.17. The van der Waals surface area contributed by atoms with Crippen LogP contribution in [0.15, 0.2) is 24.3 Å². The molecule has 0 bridgehead atoms. The van der Waals surface area contributed by atoms with Crippen LogP contribution in [0.4, 0.5) is 0 Å². The molecular weight excluding hydrogens is 164 g/mol. The Morgan fingerprint density at radius 2 is 2.08 bits per heavy atom. The highest BCUT2D eigenvalue weighted by Gasteiger charge is 2.25. The molecule has 13 heavy (non-hydrogen) atoms. The SMILES string of the molecule is O=C[C@H]1CCc2ccccc2C1=O. The average molecular weight is 174 g/mol. The van der Waals surface area contributed by atoms with Crippen molar-refractivity contribution in [3.05, 3.63) is 35.4 Å². The Morgan fingerprint density at radius 1 is 1.31 bits per heavy atom. The fraction of sp³-hybridized carbons (Fsp3) is 0.273. The van der Waals surface area contributed by atoms with Crippen molar-refractivity contribution in [3.8, 4) is 0 Å². The number of rotatable bonds is 1. The number of hydrogen-bond donors (Lipinski definition) is 0. The van der Waals surface area contributed by atoms with Gasteiger partial charge in [0.05, 0.1) is 5.92 Å². The van der Waals surface area contributed by atoms with E-state index in [0.29, 0.717) is 6.42 Å². The Balaban J connectivity index is 2.45. The predicted octanol–water partition coefficient (Wildman–Crippen LogP) is 1.63. The molecule has 0 aromatic heterocycles. The highest BCUT2D eigenvalue weighted by Crippen LogP contribution is 2.23. The second kappa shape index (κ2) is 3.13. The van der Waals surface area contributed by atoms with E-state index in [1.807, 2.05) is 18.2 Å². The summed E-state index contributed by atoms with van der Waals surface area (Å²) >= 11 is 0. The van der Waals surface area contributed by atoms with Crippen LogP contribution in [0, 0.1) is 5.92 Å². The Kier molecular flexibility index (Phi) is 1.97. The second-order valence-corrected chi connectivity index (χ2v) is 3.30. The quantitative estimate of drug-likeness (QED) is 0.479. The monoisotopic (exact) mass is 174 g/mol. The van der Waals surface area contributed by atoms with Crippen LogP contribution in [-0.2, 0) is 11.2 Å². The second-order valence-electron chi connectivity index (χ2n) is 3.30. The van der Waals surface area contributed by atoms with E-state index < -0.39 is 5.92 Å². The number of carbonyl (C=O) groups excluding carboxylic acids is 2.